The molecule has 0 spiro atoms. The Hall–Kier alpha value is -0.380. The van der Waals surface area contributed by atoms with Gasteiger partial charge in [-0.2, -0.15) is 0 Å². The predicted octanol–water partition coefficient (Wildman–Crippen LogP) is 2.74. The van der Waals surface area contributed by atoms with Gasteiger partial charge >= 0.3 is 0 Å². The Balaban J connectivity index is 1.79. The lowest BCUT2D eigenvalue weighted by Crippen LogP contribution is -2.35. The van der Waals surface area contributed by atoms with E-state index in [1.165, 1.54) is 26.1 Å². The summed E-state index contributed by atoms with van der Waals surface area (Å²) in [6.45, 7) is 8.49. The Bertz CT molecular complexity index is 362. The normalized spacial score (nSPS) is 35.1. The van der Waals surface area contributed by atoms with Gasteiger partial charge in [0.2, 0.25) is 0 Å². The molecule has 4 unspecified atom stereocenters. The van der Waals surface area contributed by atoms with Gasteiger partial charge in [-0.25, -0.2) is 0 Å². The largest absolute Gasteiger partial charge is 0.316 e. The van der Waals surface area contributed by atoms with Gasteiger partial charge in [-0.15, -0.1) is 11.3 Å². The van der Waals surface area contributed by atoms with Crippen LogP contribution in [0.25, 0.3) is 0 Å². The van der Waals surface area contributed by atoms with Crippen LogP contribution >= 0.6 is 11.3 Å². The van der Waals surface area contributed by atoms with Gasteiger partial charge < -0.3 is 5.32 Å². The van der Waals surface area contributed by atoms with Crippen LogP contribution in [0.1, 0.15) is 31.2 Å². The van der Waals surface area contributed by atoms with Gasteiger partial charge in [-0.3, -0.25) is 4.90 Å². The first kappa shape index (κ1) is 11.7. The average molecular weight is 250 g/mol. The summed E-state index contributed by atoms with van der Waals surface area (Å²) in [7, 11) is 0. The van der Waals surface area contributed by atoms with Crippen LogP contribution in [-0.4, -0.2) is 30.6 Å². The van der Waals surface area contributed by atoms with E-state index < -0.39 is 0 Å². The van der Waals surface area contributed by atoms with Gasteiger partial charge in [-0.1, -0.05) is 13.0 Å². The first-order valence-corrected chi connectivity index (χ1v) is 7.69. The van der Waals surface area contributed by atoms with E-state index in [2.05, 4.69) is 41.6 Å². The maximum absolute atomic E-state index is 3.54. The highest BCUT2D eigenvalue weighted by atomic mass is 32.1. The molecule has 17 heavy (non-hydrogen) atoms. The predicted molar refractivity (Wildman–Crippen MR) is 73.4 cm³/mol. The smallest absolute Gasteiger partial charge is 0.0441 e. The van der Waals surface area contributed by atoms with E-state index in [0.717, 1.165) is 17.9 Å². The third kappa shape index (κ3) is 1.94. The van der Waals surface area contributed by atoms with Crippen LogP contribution in [0.3, 0.4) is 0 Å². The van der Waals surface area contributed by atoms with Crippen molar-refractivity contribution < 1.29 is 0 Å². The fourth-order valence-corrected chi connectivity index (χ4v) is 4.62. The minimum absolute atomic E-state index is 0.649. The van der Waals surface area contributed by atoms with Crippen LogP contribution in [0.5, 0.6) is 0 Å². The van der Waals surface area contributed by atoms with Gasteiger partial charge in [0, 0.05) is 23.5 Å². The molecule has 3 rings (SSSR count). The maximum Gasteiger partial charge on any atom is 0.0441 e. The molecular formula is C14H22N2S. The summed E-state index contributed by atoms with van der Waals surface area (Å²) in [4.78, 5) is 4.30. The average Bonchev–Trinajstić information content (AvgIpc) is 3.01. The first-order chi connectivity index (χ1) is 8.31. The van der Waals surface area contributed by atoms with Crippen molar-refractivity contribution in [3.05, 3.63) is 22.4 Å². The van der Waals surface area contributed by atoms with Gasteiger partial charge in [0.05, 0.1) is 0 Å². The van der Waals surface area contributed by atoms with E-state index in [4.69, 9.17) is 0 Å². The zero-order valence-corrected chi connectivity index (χ0v) is 11.5. The molecule has 0 aromatic carbocycles. The van der Waals surface area contributed by atoms with E-state index in [1.807, 2.05) is 11.3 Å². The van der Waals surface area contributed by atoms with Crippen LogP contribution in [0.2, 0.25) is 0 Å². The third-order valence-corrected chi connectivity index (χ3v) is 5.61. The molecule has 1 aromatic rings. The van der Waals surface area contributed by atoms with E-state index in [9.17, 15) is 0 Å². The molecule has 0 saturated carbocycles. The quantitative estimate of drug-likeness (QED) is 0.887. The van der Waals surface area contributed by atoms with Gasteiger partial charge in [0.1, 0.15) is 0 Å². The van der Waals surface area contributed by atoms with Crippen LogP contribution in [-0.2, 0) is 0 Å². The SMILES string of the molecule is CCC(c1cccs1)N1CC2CNCC2C1C. The number of fused-ring (bicyclic) bond motifs is 1. The zero-order valence-electron chi connectivity index (χ0n) is 10.7. The molecule has 2 saturated heterocycles. The van der Waals surface area contributed by atoms with Crippen molar-refractivity contribution in [2.45, 2.75) is 32.4 Å². The maximum atomic E-state index is 3.54. The van der Waals surface area contributed by atoms with Crippen molar-refractivity contribution >= 4 is 11.3 Å². The molecule has 0 amide bonds. The molecule has 1 N–H and O–H groups in total. The highest BCUT2D eigenvalue weighted by Gasteiger charge is 2.44. The van der Waals surface area contributed by atoms with Crippen molar-refractivity contribution in [1.82, 2.24) is 10.2 Å². The summed E-state index contributed by atoms with van der Waals surface area (Å²) in [5, 5.41) is 5.75. The van der Waals surface area contributed by atoms with Crippen LogP contribution in [0.4, 0.5) is 0 Å². The van der Waals surface area contributed by atoms with Gasteiger partial charge in [-0.05, 0) is 49.7 Å². The molecule has 94 valence electrons. The van der Waals surface area contributed by atoms with Crippen LogP contribution < -0.4 is 5.32 Å². The molecule has 2 fully saturated rings. The fourth-order valence-electron chi connectivity index (χ4n) is 3.69. The fraction of sp³-hybridized carbons (Fsp3) is 0.714. The second-order valence-electron chi connectivity index (χ2n) is 5.46. The lowest BCUT2D eigenvalue weighted by molar-refractivity contribution is 0.168. The minimum atomic E-state index is 0.649. The summed E-state index contributed by atoms with van der Waals surface area (Å²) in [6.07, 6.45) is 1.23. The number of thiophene rings is 1. The molecule has 4 atom stereocenters. The summed E-state index contributed by atoms with van der Waals surface area (Å²) in [5.41, 5.74) is 0. The lowest BCUT2D eigenvalue weighted by atomic mass is 9.95. The highest BCUT2D eigenvalue weighted by Crippen LogP contribution is 2.40. The van der Waals surface area contributed by atoms with E-state index in [0.29, 0.717) is 6.04 Å². The Morgan fingerprint density at radius 2 is 2.41 bits per heavy atom. The lowest BCUT2D eigenvalue weighted by Gasteiger charge is -2.32. The number of hydrogen-bond acceptors (Lipinski definition) is 3. The molecule has 0 bridgehead atoms. The van der Waals surface area contributed by atoms with Crippen molar-refractivity contribution in [2.24, 2.45) is 11.8 Å². The summed E-state index contributed by atoms with van der Waals surface area (Å²) < 4.78 is 0. The Morgan fingerprint density at radius 3 is 3.06 bits per heavy atom. The summed E-state index contributed by atoms with van der Waals surface area (Å²) in [6, 6.07) is 5.88. The topological polar surface area (TPSA) is 15.3 Å². The Morgan fingerprint density at radius 1 is 1.53 bits per heavy atom. The van der Waals surface area contributed by atoms with Crippen molar-refractivity contribution in [1.29, 1.82) is 0 Å². The minimum Gasteiger partial charge on any atom is -0.316 e. The standard InChI is InChI=1S/C14H22N2S/c1-3-13(14-5-4-6-17-14)16-9-11-7-15-8-12(11)10(16)2/h4-6,10-13,15H,3,7-9H2,1-2H3. The second kappa shape index (κ2) is 4.71. The van der Waals surface area contributed by atoms with E-state index in [-0.39, 0.29) is 0 Å². The van der Waals surface area contributed by atoms with Crippen LogP contribution in [0, 0.1) is 11.8 Å². The third-order valence-electron chi connectivity index (χ3n) is 4.64. The molecule has 1 aromatic heterocycles. The number of rotatable bonds is 3. The molecule has 0 radical (unpaired) electrons. The van der Waals surface area contributed by atoms with Gasteiger partial charge in [0.15, 0.2) is 0 Å². The second-order valence-corrected chi connectivity index (χ2v) is 6.44. The molecule has 3 heterocycles. The van der Waals surface area contributed by atoms with Gasteiger partial charge in [0.25, 0.3) is 0 Å². The molecular weight excluding hydrogens is 228 g/mol. The van der Waals surface area contributed by atoms with Crippen molar-refractivity contribution in [2.75, 3.05) is 19.6 Å². The molecule has 0 aliphatic carbocycles. The Labute approximate surface area is 108 Å². The van der Waals surface area contributed by atoms with Crippen LogP contribution in [0.15, 0.2) is 17.5 Å². The number of hydrogen-bond donors (Lipinski definition) is 1. The Kier molecular flexibility index (Phi) is 3.24. The van der Waals surface area contributed by atoms with E-state index in [1.54, 1.807) is 4.88 Å². The van der Waals surface area contributed by atoms with E-state index >= 15 is 0 Å². The highest BCUT2D eigenvalue weighted by molar-refractivity contribution is 7.10. The molecule has 2 aliphatic rings. The van der Waals surface area contributed by atoms with Crippen molar-refractivity contribution in [3.63, 3.8) is 0 Å². The first-order valence-electron chi connectivity index (χ1n) is 6.81. The number of likely N-dealkylation sites (tertiary alicyclic amines) is 1. The van der Waals surface area contributed by atoms with Crippen molar-refractivity contribution in [3.8, 4) is 0 Å². The summed E-state index contributed by atoms with van der Waals surface area (Å²) in [5.74, 6) is 1.77. The number of nitrogens with zero attached hydrogens (tertiary/aromatic N) is 1. The molecule has 3 heteroatoms. The monoisotopic (exact) mass is 250 g/mol. The zero-order chi connectivity index (χ0) is 11.8. The molecule has 2 aliphatic heterocycles. The number of nitrogens with one attached hydrogen (secondary N) is 1. The summed E-state index contributed by atoms with van der Waals surface area (Å²) >= 11 is 1.92. The molecule has 2 nitrogen and oxygen atoms in total.